The minimum atomic E-state index is -4.44. The summed E-state index contributed by atoms with van der Waals surface area (Å²) in [6.07, 6.45) is -1.76. The lowest BCUT2D eigenvalue weighted by Gasteiger charge is -2.14. The number of hydrogen-bond donors (Lipinski definition) is 1. The van der Waals surface area contributed by atoms with Crippen molar-refractivity contribution in [2.24, 2.45) is 5.73 Å². The van der Waals surface area contributed by atoms with Crippen LogP contribution in [0.4, 0.5) is 13.2 Å². The van der Waals surface area contributed by atoms with E-state index in [4.69, 9.17) is 5.73 Å². The average Bonchev–Trinajstić information content (AvgIpc) is 2.88. The van der Waals surface area contributed by atoms with E-state index in [9.17, 15) is 13.2 Å². The van der Waals surface area contributed by atoms with Crippen LogP contribution in [0.2, 0.25) is 0 Å². The summed E-state index contributed by atoms with van der Waals surface area (Å²) in [5.74, 6) is 0. The Hall–Kier alpha value is -1.34. The molecule has 21 heavy (non-hydrogen) atoms. The monoisotopic (exact) mass is 361 g/mol. The second-order valence-corrected chi connectivity index (χ2v) is 5.70. The van der Waals surface area contributed by atoms with Gasteiger partial charge in [-0.1, -0.05) is 22.9 Å². The van der Waals surface area contributed by atoms with E-state index in [2.05, 4.69) is 21.0 Å². The minimum absolute atomic E-state index is 0.0456. The highest BCUT2D eigenvalue weighted by atomic mass is 79.9. The third kappa shape index (κ3) is 3.85. The molecule has 1 aromatic carbocycles. The standard InChI is InChI=1S/C14H15BrF3N3/c1-2-11(19)8-9-7-10(15)3-4-12(9)21-6-5-13(20-21)14(16,17)18/h3-7,11H,2,8,19H2,1H3. The van der Waals surface area contributed by atoms with Crippen LogP contribution in [-0.4, -0.2) is 15.8 Å². The number of rotatable bonds is 4. The van der Waals surface area contributed by atoms with Crippen molar-refractivity contribution in [3.63, 3.8) is 0 Å². The molecule has 0 aliphatic rings. The normalized spacial score (nSPS) is 13.4. The van der Waals surface area contributed by atoms with Crippen molar-refractivity contribution in [3.8, 4) is 5.69 Å². The van der Waals surface area contributed by atoms with Gasteiger partial charge in [0.2, 0.25) is 0 Å². The molecule has 2 aromatic rings. The maximum atomic E-state index is 12.6. The Morgan fingerprint density at radius 3 is 2.62 bits per heavy atom. The van der Waals surface area contributed by atoms with Gasteiger partial charge in [-0.3, -0.25) is 0 Å². The van der Waals surface area contributed by atoms with Crippen molar-refractivity contribution in [1.82, 2.24) is 9.78 Å². The summed E-state index contributed by atoms with van der Waals surface area (Å²) in [6.45, 7) is 1.97. The molecule has 0 aliphatic heterocycles. The fourth-order valence-corrected chi connectivity index (χ4v) is 2.39. The van der Waals surface area contributed by atoms with E-state index in [0.717, 1.165) is 22.5 Å². The zero-order chi connectivity index (χ0) is 15.6. The molecule has 3 nitrogen and oxygen atoms in total. The van der Waals surface area contributed by atoms with Crippen LogP contribution < -0.4 is 5.73 Å². The van der Waals surface area contributed by atoms with Crippen molar-refractivity contribution < 1.29 is 13.2 Å². The van der Waals surface area contributed by atoms with Crippen molar-refractivity contribution in [3.05, 3.63) is 46.2 Å². The lowest BCUT2D eigenvalue weighted by atomic mass is 10.0. The molecule has 0 saturated carbocycles. The van der Waals surface area contributed by atoms with E-state index < -0.39 is 11.9 Å². The first-order chi connectivity index (χ1) is 9.81. The molecule has 2 N–H and O–H groups in total. The Balaban J connectivity index is 2.41. The Morgan fingerprint density at radius 1 is 1.33 bits per heavy atom. The molecule has 1 atom stereocenters. The zero-order valence-corrected chi connectivity index (χ0v) is 12.9. The molecule has 1 aromatic heterocycles. The Bertz CT molecular complexity index is 622. The van der Waals surface area contributed by atoms with Gasteiger partial charge in [-0.05, 0) is 42.7 Å². The van der Waals surface area contributed by atoms with Crippen LogP contribution >= 0.6 is 15.9 Å². The smallest absolute Gasteiger partial charge is 0.327 e. The van der Waals surface area contributed by atoms with Crippen molar-refractivity contribution >= 4 is 15.9 Å². The lowest BCUT2D eigenvalue weighted by Crippen LogP contribution is -2.22. The van der Waals surface area contributed by atoms with Crippen LogP contribution in [0.3, 0.4) is 0 Å². The SMILES string of the molecule is CCC(N)Cc1cc(Br)ccc1-n1ccc(C(F)(F)F)n1. The molecule has 0 saturated heterocycles. The number of nitrogens with zero attached hydrogens (tertiary/aromatic N) is 2. The molecule has 0 amide bonds. The maximum absolute atomic E-state index is 12.6. The second kappa shape index (κ2) is 6.19. The van der Waals surface area contributed by atoms with Gasteiger partial charge >= 0.3 is 6.18 Å². The summed E-state index contributed by atoms with van der Waals surface area (Å²) < 4.78 is 40.0. The van der Waals surface area contributed by atoms with Crippen LogP contribution in [0.5, 0.6) is 0 Å². The summed E-state index contributed by atoms with van der Waals surface area (Å²) >= 11 is 3.37. The predicted octanol–water partition coefficient (Wildman–Crippen LogP) is 3.93. The van der Waals surface area contributed by atoms with E-state index in [1.165, 1.54) is 10.9 Å². The van der Waals surface area contributed by atoms with Crippen LogP contribution in [0.25, 0.3) is 5.69 Å². The van der Waals surface area contributed by atoms with Gasteiger partial charge in [0.25, 0.3) is 0 Å². The minimum Gasteiger partial charge on any atom is -0.327 e. The number of alkyl halides is 3. The number of hydrogen-bond acceptors (Lipinski definition) is 2. The number of benzene rings is 1. The van der Waals surface area contributed by atoms with Crippen LogP contribution in [0.1, 0.15) is 24.6 Å². The molecule has 0 aliphatic carbocycles. The average molecular weight is 362 g/mol. The van der Waals surface area contributed by atoms with Gasteiger partial charge in [-0.25, -0.2) is 4.68 Å². The molecule has 0 bridgehead atoms. The van der Waals surface area contributed by atoms with E-state index in [1.807, 2.05) is 13.0 Å². The van der Waals surface area contributed by atoms with Gasteiger partial charge in [-0.2, -0.15) is 18.3 Å². The largest absolute Gasteiger partial charge is 0.435 e. The van der Waals surface area contributed by atoms with Crippen molar-refractivity contribution in [2.45, 2.75) is 32.0 Å². The Kier molecular flexibility index (Phi) is 4.73. The first-order valence-electron chi connectivity index (χ1n) is 6.48. The summed E-state index contributed by atoms with van der Waals surface area (Å²) in [6, 6.07) is 6.28. The molecular weight excluding hydrogens is 347 g/mol. The first kappa shape index (κ1) is 16.0. The number of nitrogens with two attached hydrogens (primary N) is 1. The molecule has 0 fully saturated rings. The summed E-state index contributed by atoms with van der Waals surface area (Å²) in [5, 5.41) is 3.61. The second-order valence-electron chi connectivity index (χ2n) is 4.79. The van der Waals surface area contributed by atoms with Crippen molar-refractivity contribution in [1.29, 1.82) is 0 Å². The Labute approximate surface area is 129 Å². The molecular formula is C14H15BrF3N3. The van der Waals surface area contributed by atoms with Crippen LogP contribution in [0, 0.1) is 0 Å². The van der Waals surface area contributed by atoms with E-state index >= 15 is 0 Å². The molecule has 7 heteroatoms. The molecule has 1 unspecified atom stereocenters. The van der Waals surface area contributed by atoms with E-state index in [1.54, 1.807) is 12.1 Å². The third-order valence-electron chi connectivity index (χ3n) is 3.17. The summed E-state index contributed by atoms with van der Waals surface area (Å²) in [7, 11) is 0. The van der Waals surface area contributed by atoms with Crippen LogP contribution in [-0.2, 0) is 12.6 Å². The van der Waals surface area contributed by atoms with Gasteiger partial charge in [0, 0.05) is 16.7 Å². The topological polar surface area (TPSA) is 43.8 Å². The lowest BCUT2D eigenvalue weighted by molar-refractivity contribution is -0.141. The maximum Gasteiger partial charge on any atom is 0.435 e. The molecule has 0 radical (unpaired) electrons. The quantitative estimate of drug-likeness (QED) is 0.896. The highest BCUT2D eigenvalue weighted by molar-refractivity contribution is 9.10. The first-order valence-corrected chi connectivity index (χ1v) is 7.27. The van der Waals surface area contributed by atoms with Gasteiger partial charge < -0.3 is 5.73 Å². The molecule has 1 heterocycles. The van der Waals surface area contributed by atoms with E-state index in [0.29, 0.717) is 12.1 Å². The predicted molar refractivity (Wildman–Crippen MR) is 78.2 cm³/mol. The number of aromatic nitrogens is 2. The van der Waals surface area contributed by atoms with Gasteiger partial charge in [0.15, 0.2) is 5.69 Å². The summed E-state index contributed by atoms with van der Waals surface area (Å²) in [5.41, 5.74) is 6.51. The van der Waals surface area contributed by atoms with Gasteiger partial charge in [0.05, 0.1) is 5.69 Å². The van der Waals surface area contributed by atoms with Crippen molar-refractivity contribution in [2.75, 3.05) is 0 Å². The highest BCUT2D eigenvalue weighted by Gasteiger charge is 2.33. The fourth-order valence-electron chi connectivity index (χ4n) is 1.98. The zero-order valence-electron chi connectivity index (χ0n) is 11.4. The molecule has 2 rings (SSSR count). The molecule has 0 spiro atoms. The molecule has 114 valence electrons. The van der Waals surface area contributed by atoms with Crippen LogP contribution in [0.15, 0.2) is 34.9 Å². The number of halogens is 4. The fraction of sp³-hybridized carbons (Fsp3) is 0.357. The van der Waals surface area contributed by atoms with Gasteiger partial charge in [-0.15, -0.1) is 0 Å². The third-order valence-corrected chi connectivity index (χ3v) is 3.67. The Morgan fingerprint density at radius 2 is 2.05 bits per heavy atom. The van der Waals surface area contributed by atoms with Gasteiger partial charge in [0.1, 0.15) is 0 Å². The van der Waals surface area contributed by atoms with E-state index in [-0.39, 0.29) is 6.04 Å². The summed E-state index contributed by atoms with van der Waals surface area (Å²) in [4.78, 5) is 0. The highest BCUT2D eigenvalue weighted by Crippen LogP contribution is 2.29.